The Kier molecular flexibility index (Phi) is 2.49. The van der Waals surface area contributed by atoms with Gasteiger partial charge in [-0.15, -0.1) is 0 Å². The number of hydrogen-bond donors (Lipinski definition) is 1. The zero-order valence-electron chi connectivity index (χ0n) is 8.50. The fourth-order valence-corrected chi connectivity index (χ4v) is 3.88. The van der Waals surface area contributed by atoms with Gasteiger partial charge in [0.2, 0.25) is 0 Å². The molecule has 0 heterocycles. The van der Waals surface area contributed by atoms with E-state index in [0.717, 1.165) is 0 Å². The molecule has 2 unspecified atom stereocenters. The molecule has 1 aromatic carbocycles. The van der Waals surface area contributed by atoms with Crippen LogP contribution in [0.15, 0.2) is 35.2 Å². The fraction of sp³-hybridized carbons (Fsp3) is 0.364. The molecule has 2 atom stereocenters. The van der Waals surface area contributed by atoms with Crippen LogP contribution in [0.5, 0.6) is 0 Å². The Balaban J connectivity index is 2.35. The van der Waals surface area contributed by atoms with E-state index in [2.05, 4.69) is 0 Å². The molecular weight excluding hydrogens is 226 g/mol. The Labute approximate surface area is 94.1 Å². The molecule has 0 saturated heterocycles. The Morgan fingerprint density at radius 2 is 2.06 bits per heavy atom. The van der Waals surface area contributed by atoms with E-state index in [1.165, 1.54) is 12.1 Å². The van der Waals surface area contributed by atoms with Crippen molar-refractivity contribution >= 4 is 9.84 Å². The standard InChI is InChI=1S/C11H11NO3S/c12-7-11(8-13)6-10(11)16(14,15)9-4-2-1-3-5-9/h1-5,10,13H,6,8H2. The molecule has 0 radical (unpaired) electrons. The van der Waals surface area contributed by atoms with Gasteiger partial charge in [-0.25, -0.2) is 8.42 Å². The summed E-state index contributed by atoms with van der Waals surface area (Å²) in [7, 11) is -3.48. The largest absolute Gasteiger partial charge is 0.395 e. The molecular formula is C11H11NO3S. The van der Waals surface area contributed by atoms with Gasteiger partial charge in [-0.3, -0.25) is 0 Å². The number of nitriles is 1. The second kappa shape index (κ2) is 3.58. The minimum atomic E-state index is -3.48. The summed E-state index contributed by atoms with van der Waals surface area (Å²) in [5.74, 6) is 0. The summed E-state index contributed by atoms with van der Waals surface area (Å²) in [6.45, 7) is -0.403. The molecule has 0 aliphatic heterocycles. The van der Waals surface area contributed by atoms with Crippen molar-refractivity contribution in [3.05, 3.63) is 30.3 Å². The molecule has 1 N–H and O–H groups in total. The van der Waals surface area contributed by atoms with Crippen LogP contribution < -0.4 is 0 Å². The van der Waals surface area contributed by atoms with Gasteiger partial charge in [0.1, 0.15) is 0 Å². The zero-order chi connectivity index (χ0) is 11.8. The first-order valence-corrected chi connectivity index (χ1v) is 6.42. The van der Waals surface area contributed by atoms with E-state index in [-0.39, 0.29) is 11.3 Å². The number of rotatable bonds is 3. The third-order valence-corrected chi connectivity index (χ3v) is 5.25. The van der Waals surface area contributed by atoms with Crippen molar-refractivity contribution in [1.82, 2.24) is 0 Å². The zero-order valence-corrected chi connectivity index (χ0v) is 9.31. The minimum absolute atomic E-state index is 0.213. The van der Waals surface area contributed by atoms with Crippen LogP contribution in [-0.2, 0) is 9.84 Å². The number of aliphatic hydroxyl groups excluding tert-OH is 1. The molecule has 2 rings (SSSR count). The molecule has 0 amide bonds. The summed E-state index contributed by atoms with van der Waals surface area (Å²) in [5.41, 5.74) is -1.09. The lowest BCUT2D eigenvalue weighted by Crippen LogP contribution is -2.18. The Bertz CT molecular complexity index is 532. The smallest absolute Gasteiger partial charge is 0.182 e. The minimum Gasteiger partial charge on any atom is -0.395 e. The van der Waals surface area contributed by atoms with E-state index < -0.39 is 27.1 Å². The average Bonchev–Trinajstić information content (AvgIpc) is 3.06. The molecule has 4 nitrogen and oxygen atoms in total. The first-order valence-electron chi connectivity index (χ1n) is 4.88. The summed E-state index contributed by atoms with van der Waals surface area (Å²) in [5, 5.41) is 17.1. The van der Waals surface area contributed by atoms with Crippen molar-refractivity contribution in [1.29, 1.82) is 5.26 Å². The summed E-state index contributed by atoms with van der Waals surface area (Å²) in [6.07, 6.45) is 0.219. The maximum Gasteiger partial charge on any atom is 0.182 e. The lowest BCUT2D eigenvalue weighted by molar-refractivity contribution is 0.246. The molecule has 0 aromatic heterocycles. The molecule has 1 saturated carbocycles. The molecule has 16 heavy (non-hydrogen) atoms. The predicted molar refractivity (Wildman–Crippen MR) is 57.2 cm³/mol. The van der Waals surface area contributed by atoms with E-state index in [4.69, 9.17) is 10.4 Å². The van der Waals surface area contributed by atoms with E-state index in [1.807, 2.05) is 6.07 Å². The maximum absolute atomic E-state index is 12.1. The average molecular weight is 237 g/mol. The number of aliphatic hydroxyl groups is 1. The van der Waals surface area contributed by atoms with Crippen molar-refractivity contribution in [3.8, 4) is 6.07 Å². The molecule has 5 heteroatoms. The van der Waals surface area contributed by atoms with Gasteiger partial charge in [0, 0.05) is 0 Å². The molecule has 1 fully saturated rings. The van der Waals surface area contributed by atoms with Gasteiger partial charge in [0.25, 0.3) is 0 Å². The maximum atomic E-state index is 12.1. The normalized spacial score (nSPS) is 28.4. The fourth-order valence-electron chi connectivity index (χ4n) is 1.77. The van der Waals surface area contributed by atoms with Gasteiger partial charge in [-0.1, -0.05) is 18.2 Å². The van der Waals surface area contributed by atoms with Crippen LogP contribution in [-0.4, -0.2) is 25.4 Å². The monoisotopic (exact) mass is 237 g/mol. The van der Waals surface area contributed by atoms with Gasteiger partial charge in [0.05, 0.1) is 28.2 Å². The molecule has 1 aromatic rings. The van der Waals surface area contributed by atoms with Gasteiger partial charge in [-0.2, -0.15) is 5.26 Å². The molecule has 84 valence electrons. The van der Waals surface area contributed by atoms with Crippen LogP contribution in [0.2, 0.25) is 0 Å². The van der Waals surface area contributed by atoms with E-state index in [1.54, 1.807) is 18.2 Å². The Morgan fingerprint density at radius 3 is 2.50 bits per heavy atom. The Hall–Kier alpha value is -1.38. The van der Waals surface area contributed by atoms with Crippen LogP contribution in [0.1, 0.15) is 6.42 Å². The quantitative estimate of drug-likeness (QED) is 0.840. The van der Waals surface area contributed by atoms with Crippen LogP contribution in [0.3, 0.4) is 0 Å². The van der Waals surface area contributed by atoms with Gasteiger partial charge < -0.3 is 5.11 Å². The first-order chi connectivity index (χ1) is 7.57. The van der Waals surface area contributed by atoms with E-state index >= 15 is 0 Å². The molecule has 1 aliphatic rings. The van der Waals surface area contributed by atoms with Gasteiger partial charge >= 0.3 is 0 Å². The first kappa shape index (κ1) is 11.1. The summed E-state index contributed by atoms with van der Waals surface area (Å²) in [6, 6.07) is 9.93. The van der Waals surface area contributed by atoms with Gasteiger partial charge in [-0.05, 0) is 18.6 Å². The van der Waals surface area contributed by atoms with Crippen molar-refractivity contribution in [2.75, 3.05) is 6.61 Å². The molecule has 1 aliphatic carbocycles. The van der Waals surface area contributed by atoms with Crippen LogP contribution in [0.4, 0.5) is 0 Å². The van der Waals surface area contributed by atoms with Crippen molar-refractivity contribution < 1.29 is 13.5 Å². The highest BCUT2D eigenvalue weighted by Gasteiger charge is 2.62. The Morgan fingerprint density at radius 1 is 1.44 bits per heavy atom. The number of benzene rings is 1. The SMILES string of the molecule is N#CC1(CO)CC1S(=O)(=O)c1ccccc1. The second-order valence-electron chi connectivity index (χ2n) is 3.98. The lowest BCUT2D eigenvalue weighted by atomic mass is 10.2. The third kappa shape index (κ3) is 1.51. The highest BCUT2D eigenvalue weighted by atomic mass is 32.2. The number of hydrogen-bond acceptors (Lipinski definition) is 4. The molecule has 0 spiro atoms. The van der Waals surface area contributed by atoms with Crippen molar-refractivity contribution in [3.63, 3.8) is 0 Å². The number of nitrogens with zero attached hydrogens (tertiary/aromatic N) is 1. The third-order valence-electron chi connectivity index (χ3n) is 2.96. The van der Waals surface area contributed by atoms with Crippen LogP contribution >= 0.6 is 0 Å². The second-order valence-corrected chi connectivity index (χ2v) is 6.11. The van der Waals surface area contributed by atoms with Crippen LogP contribution in [0.25, 0.3) is 0 Å². The lowest BCUT2D eigenvalue weighted by Gasteiger charge is -2.05. The van der Waals surface area contributed by atoms with Crippen LogP contribution in [0, 0.1) is 16.7 Å². The number of sulfone groups is 1. The predicted octanol–water partition coefficient (Wildman–Crippen LogP) is 0.735. The summed E-state index contributed by atoms with van der Waals surface area (Å²) >= 11 is 0. The van der Waals surface area contributed by atoms with Crippen molar-refractivity contribution in [2.24, 2.45) is 5.41 Å². The summed E-state index contributed by atoms with van der Waals surface area (Å²) in [4.78, 5) is 0.213. The van der Waals surface area contributed by atoms with E-state index in [0.29, 0.717) is 0 Å². The topological polar surface area (TPSA) is 78.2 Å². The highest BCUT2D eigenvalue weighted by molar-refractivity contribution is 7.92. The summed E-state index contributed by atoms with van der Waals surface area (Å²) < 4.78 is 24.1. The van der Waals surface area contributed by atoms with Crippen molar-refractivity contribution in [2.45, 2.75) is 16.6 Å². The van der Waals surface area contributed by atoms with E-state index in [9.17, 15) is 8.42 Å². The van der Waals surface area contributed by atoms with Gasteiger partial charge in [0.15, 0.2) is 9.84 Å². The molecule has 0 bridgehead atoms. The highest BCUT2D eigenvalue weighted by Crippen LogP contribution is 2.51.